The highest BCUT2D eigenvalue weighted by molar-refractivity contribution is 7.39. The van der Waals surface area contributed by atoms with E-state index >= 15 is 0 Å². The van der Waals surface area contributed by atoms with Crippen molar-refractivity contribution in [2.75, 3.05) is 0 Å². The first-order chi connectivity index (χ1) is 8.57. The van der Waals surface area contributed by atoms with Gasteiger partial charge >= 0.3 is 6.18 Å². The van der Waals surface area contributed by atoms with Crippen LogP contribution in [0.3, 0.4) is 0 Å². The molecule has 0 aromatic carbocycles. The van der Waals surface area contributed by atoms with E-state index in [1.54, 1.807) is 0 Å². The zero-order valence-electron chi connectivity index (χ0n) is 10.0. The molecule has 0 aromatic heterocycles. The molecule has 0 amide bonds. The highest BCUT2D eigenvalue weighted by atomic mass is 31.1. The second kappa shape index (κ2) is 6.44. The summed E-state index contributed by atoms with van der Waals surface area (Å²) in [5.74, 6) is -7.12. The van der Waals surface area contributed by atoms with Gasteiger partial charge in [-0.25, -0.2) is 22.0 Å². The molecule has 0 aromatic rings. The van der Waals surface area contributed by atoms with E-state index in [2.05, 4.69) is 4.74 Å². The molecule has 122 valence electrons. The summed E-state index contributed by atoms with van der Waals surface area (Å²) < 4.78 is 106. The number of alkyl halides is 8. The first-order valence-electron chi connectivity index (χ1n) is 5.08. The molecule has 0 bridgehead atoms. The summed E-state index contributed by atoms with van der Waals surface area (Å²) >= 11 is 0. The largest absolute Gasteiger partial charge is 0.445 e. The molecule has 0 saturated carbocycles. The van der Waals surface area contributed by atoms with E-state index in [4.69, 9.17) is 0 Å². The third kappa shape index (κ3) is 4.86. The molecule has 5 atom stereocenters. The minimum absolute atomic E-state index is 0.764. The highest BCUT2D eigenvalue weighted by Crippen LogP contribution is 2.55. The van der Waals surface area contributed by atoms with Crippen molar-refractivity contribution >= 4 is 27.7 Å². The summed E-state index contributed by atoms with van der Waals surface area (Å²) in [5, 5.41) is -3.23. The lowest BCUT2D eigenvalue weighted by molar-refractivity contribution is -0.301. The van der Waals surface area contributed by atoms with E-state index in [1.807, 2.05) is 0 Å². The van der Waals surface area contributed by atoms with E-state index in [1.165, 1.54) is 0 Å². The molecule has 0 N–H and O–H groups in total. The van der Waals surface area contributed by atoms with Crippen LogP contribution >= 0.6 is 27.7 Å². The van der Waals surface area contributed by atoms with Gasteiger partial charge in [0.25, 0.3) is 17.9 Å². The van der Waals surface area contributed by atoms with Crippen molar-refractivity contribution < 1.29 is 39.9 Å². The van der Waals surface area contributed by atoms with Crippen LogP contribution in [0.5, 0.6) is 0 Å². The van der Waals surface area contributed by atoms with Crippen LogP contribution in [0.4, 0.5) is 35.1 Å². The van der Waals surface area contributed by atoms with Crippen LogP contribution in [0.1, 0.15) is 13.3 Å². The van der Waals surface area contributed by atoms with Gasteiger partial charge in [-0.3, -0.25) is 0 Å². The maximum Gasteiger partial charge on any atom is 0.445 e. The molecule has 0 aliphatic rings. The number of rotatable bonds is 6. The molecule has 0 aliphatic carbocycles. The third-order valence-electron chi connectivity index (χ3n) is 2.39. The van der Waals surface area contributed by atoms with Gasteiger partial charge in [-0.2, -0.15) is 13.2 Å². The standard InChI is InChI=1S/C8H13F8OP3/c1-2-3(7(15,16)18)5(10,11)8(19,20)17-4(9)6(12,13)14/h3-4H,2,18-20H2,1H3. The fourth-order valence-corrected chi connectivity index (χ4v) is 2.45. The summed E-state index contributed by atoms with van der Waals surface area (Å²) in [5.41, 5.74) is -3.97. The fraction of sp³-hybridized carbons (Fsp3) is 1.00. The maximum absolute atomic E-state index is 13.9. The Hall–Kier alpha value is 0.690. The predicted molar refractivity (Wildman–Crippen MR) is 67.6 cm³/mol. The molecule has 0 aliphatic heterocycles. The lowest BCUT2D eigenvalue weighted by Gasteiger charge is -2.41. The summed E-state index contributed by atoms with van der Waals surface area (Å²) in [6.45, 7) is 0.999. The SMILES string of the molecule is CCC(C(F)(F)P)C(F)(F)C(P)(P)OC(F)C(F)(F)F. The molecular formula is C8H13F8OP3. The molecule has 0 saturated heterocycles. The average Bonchev–Trinajstić information content (AvgIpc) is 2.12. The smallest absolute Gasteiger partial charge is 0.320 e. The fourth-order valence-electron chi connectivity index (χ4n) is 1.36. The van der Waals surface area contributed by atoms with Crippen LogP contribution in [-0.2, 0) is 4.74 Å². The van der Waals surface area contributed by atoms with Gasteiger partial charge in [0.15, 0.2) is 5.08 Å². The summed E-state index contributed by atoms with van der Waals surface area (Å²) in [6.07, 6.45) is -10.3. The van der Waals surface area contributed by atoms with Crippen molar-refractivity contribution in [1.29, 1.82) is 0 Å². The molecule has 20 heavy (non-hydrogen) atoms. The minimum atomic E-state index is -5.54. The molecule has 1 nitrogen and oxygen atoms in total. The Labute approximate surface area is 117 Å². The monoisotopic (exact) mass is 370 g/mol. The van der Waals surface area contributed by atoms with Gasteiger partial charge in [0.1, 0.15) is 0 Å². The van der Waals surface area contributed by atoms with Gasteiger partial charge in [-0.05, 0) is 6.42 Å². The van der Waals surface area contributed by atoms with Crippen LogP contribution in [-0.4, -0.2) is 29.2 Å². The normalized spacial score (nSPS) is 18.0. The van der Waals surface area contributed by atoms with Crippen molar-refractivity contribution in [3.8, 4) is 0 Å². The van der Waals surface area contributed by atoms with Crippen LogP contribution < -0.4 is 0 Å². The zero-order valence-corrected chi connectivity index (χ0v) is 13.5. The van der Waals surface area contributed by atoms with E-state index in [9.17, 15) is 35.1 Å². The minimum Gasteiger partial charge on any atom is -0.320 e. The Morgan fingerprint density at radius 2 is 1.35 bits per heavy atom. The molecule has 0 radical (unpaired) electrons. The lowest BCUT2D eigenvalue weighted by atomic mass is 9.98. The lowest BCUT2D eigenvalue weighted by Crippen LogP contribution is -2.52. The first-order valence-corrected chi connectivity index (χ1v) is 6.81. The second-order valence-electron chi connectivity index (χ2n) is 4.03. The van der Waals surface area contributed by atoms with Gasteiger partial charge in [0.2, 0.25) is 0 Å². The molecule has 12 heteroatoms. The topological polar surface area (TPSA) is 9.23 Å². The van der Waals surface area contributed by atoms with Gasteiger partial charge < -0.3 is 4.74 Å². The van der Waals surface area contributed by atoms with Crippen molar-refractivity contribution in [1.82, 2.24) is 0 Å². The molecule has 0 rings (SSSR count). The Morgan fingerprint density at radius 1 is 0.950 bits per heavy atom. The van der Waals surface area contributed by atoms with Crippen LogP contribution in [0.25, 0.3) is 0 Å². The van der Waals surface area contributed by atoms with Gasteiger partial charge in [-0.1, -0.05) is 34.6 Å². The van der Waals surface area contributed by atoms with Gasteiger partial charge in [0, 0.05) is 0 Å². The zero-order chi connectivity index (χ0) is 16.6. The van der Waals surface area contributed by atoms with E-state index < -0.39 is 41.5 Å². The Morgan fingerprint density at radius 3 is 1.60 bits per heavy atom. The Balaban J connectivity index is 5.35. The van der Waals surface area contributed by atoms with E-state index in [0.29, 0.717) is 0 Å². The second-order valence-corrected chi connectivity index (χ2v) is 7.18. The van der Waals surface area contributed by atoms with Crippen molar-refractivity contribution in [3.63, 3.8) is 0 Å². The van der Waals surface area contributed by atoms with Gasteiger partial charge in [0.05, 0.1) is 5.92 Å². The van der Waals surface area contributed by atoms with Gasteiger partial charge in [-0.15, -0.1) is 0 Å². The van der Waals surface area contributed by atoms with Crippen molar-refractivity contribution in [2.45, 2.75) is 42.5 Å². The summed E-state index contributed by atoms with van der Waals surface area (Å²) in [7, 11) is 3.14. The number of hydrogen-bond acceptors (Lipinski definition) is 1. The number of hydrogen-bond donors (Lipinski definition) is 0. The third-order valence-corrected chi connectivity index (χ3v) is 3.83. The Kier molecular flexibility index (Phi) is 6.66. The van der Waals surface area contributed by atoms with Crippen molar-refractivity contribution in [3.05, 3.63) is 0 Å². The Bertz CT molecular complexity index is 327. The van der Waals surface area contributed by atoms with Crippen LogP contribution in [0, 0.1) is 5.92 Å². The predicted octanol–water partition coefficient (Wildman–Crippen LogP) is 4.39. The molecule has 0 heterocycles. The van der Waals surface area contributed by atoms with E-state index in [0.717, 1.165) is 34.6 Å². The maximum atomic E-state index is 13.9. The highest BCUT2D eigenvalue weighted by Gasteiger charge is 2.62. The molecule has 0 fully saturated rings. The average molecular weight is 370 g/mol. The molecule has 5 unspecified atom stereocenters. The van der Waals surface area contributed by atoms with Crippen LogP contribution in [0.15, 0.2) is 0 Å². The quantitative estimate of drug-likeness (QED) is 0.498. The number of ether oxygens (including phenoxy) is 1. The first kappa shape index (κ1) is 20.7. The molecular weight excluding hydrogens is 357 g/mol. The van der Waals surface area contributed by atoms with E-state index in [-0.39, 0.29) is 0 Å². The van der Waals surface area contributed by atoms with Crippen LogP contribution in [0.2, 0.25) is 0 Å². The van der Waals surface area contributed by atoms with Crippen molar-refractivity contribution in [2.24, 2.45) is 5.92 Å². The summed E-state index contributed by atoms with van der Waals surface area (Å²) in [4.78, 5) is 0. The summed E-state index contributed by atoms with van der Waals surface area (Å²) in [6, 6.07) is 0. The molecule has 0 spiro atoms. The number of halogens is 8.